The van der Waals surface area contributed by atoms with E-state index in [9.17, 15) is 13.2 Å². The molecular formula is C20H20N2O3S. The second kappa shape index (κ2) is 5.33. The number of nitrogens with zero attached hydrogens (tertiary/aromatic N) is 2. The maximum absolute atomic E-state index is 13.5. The molecule has 2 aromatic carbocycles. The Labute approximate surface area is 153 Å². The van der Waals surface area contributed by atoms with Gasteiger partial charge >= 0.3 is 0 Å². The summed E-state index contributed by atoms with van der Waals surface area (Å²) >= 11 is 0. The number of hydrogen-bond donors (Lipinski definition) is 0. The molecule has 0 spiro atoms. The number of hydrogen-bond acceptors (Lipinski definition) is 3. The first-order valence-corrected chi connectivity index (χ1v) is 10.5. The molecule has 26 heavy (non-hydrogen) atoms. The largest absolute Gasteiger partial charge is 0.312 e. The van der Waals surface area contributed by atoms with Crippen LogP contribution < -0.4 is 9.21 Å². The van der Waals surface area contributed by atoms with E-state index in [0.717, 1.165) is 53.9 Å². The fraction of sp³-hybridized carbons (Fsp3) is 0.350. The summed E-state index contributed by atoms with van der Waals surface area (Å²) in [5.74, 6) is 0.0791. The Morgan fingerprint density at radius 2 is 1.85 bits per heavy atom. The van der Waals surface area contributed by atoms with Crippen LogP contribution in [0.2, 0.25) is 0 Å². The number of carbonyl (C=O) groups is 1. The maximum atomic E-state index is 13.5. The molecule has 3 aliphatic heterocycles. The molecule has 3 aliphatic rings. The summed E-state index contributed by atoms with van der Waals surface area (Å²) in [7, 11) is -3.66. The van der Waals surface area contributed by atoms with Crippen LogP contribution in [0.5, 0.6) is 0 Å². The third-order valence-electron chi connectivity index (χ3n) is 5.68. The van der Waals surface area contributed by atoms with E-state index in [4.69, 9.17) is 0 Å². The van der Waals surface area contributed by atoms with E-state index in [1.807, 2.05) is 36.1 Å². The van der Waals surface area contributed by atoms with Crippen LogP contribution in [-0.2, 0) is 34.1 Å². The SMILES string of the molecule is C[C@H]1Cc2ccccc2N1S(=O)(=O)c1cc2c3c(c1)CC(=O)N3CCC2. The van der Waals surface area contributed by atoms with Gasteiger partial charge in [-0.3, -0.25) is 9.10 Å². The molecule has 6 heteroatoms. The van der Waals surface area contributed by atoms with Gasteiger partial charge in [-0.15, -0.1) is 0 Å². The fourth-order valence-electron chi connectivity index (χ4n) is 4.61. The molecule has 0 aliphatic carbocycles. The predicted molar refractivity (Wildman–Crippen MR) is 100 cm³/mol. The van der Waals surface area contributed by atoms with Gasteiger partial charge in [0.1, 0.15) is 0 Å². The summed E-state index contributed by atoms with van der Waals surface area (Å²) < 4.78 is 28.5. The van der Waals surface area contributed by atoms with E-state index in [1.54, 1.807) is 16.4 Å². The molecule has 2 aromatic rings. The zero-order valence-corrected chi connectivity index (χ0v) is 15.4. The Hall–Kier alpha value is -2.34. The summed E-state index contributed by atoms with van der Waals surface area (Å²) in [4.78, 5) is 14.4. The molecule has 0 fully saturated rings. The molecule has 1 atom stereocenters. The number of para-hydroxylation sites is 1. The first-order chi connectivity index (χ1) is 12.5. The average molecular weight is 368 g/mol. The van der Waals surface area contributed by atoms with Crippen molar-refractivity contribution < 1.29 is 13.2 Å². The maximum Gasteiger partial charge on any atom is 0.264 e. The lowest BCUT2D eigenvalue weighted by Crippen LogP contribution is -2.36. The first kappa shape index (κ1) is 15.9. The highest BCUT2D eigenvalue weighted by atomic mass is 32.2. The quantitative estimate of drug-likeness (QED) is 0.819. The molecule has 134 valence electrons. The number of sulfonamides is 1. The topological polar surface area (TPSA) is 57.7 Å². The van der Waals surface area contributed by atoms with Crippen molar-refractivity contribution in [3.63, 3.8) is 0 Å². The molecule has 5 nitrogen and oxygen atoms in total. The minimum Gasteiger partial charge on any atom is -0.312 e. The first-order valence-electron chi connectivity index (χ1n) is 9.05. The highest BCUT2D eigenvalue weighted by molar-refractivity contribution is 7.92. The highest BCUT2D eigenvalue weighted by Crippen LogP contribution is 2.41. The smallest absolute Gasteiger partial charge is 0.264 e. The van der Waals surface area contributed by atoms with Gasteiger partial charge in [-0.25, -0.2) is 8.42 Å². The lowest BCUT2D eigenvalue weighted by molar-refractivity contribution is -0.117. The van der Waals surface area contributed by atoms with E-state index in [1.165, 1.54) is 0 Å². The summed E-state index contributed by atoms with van der Waals surface area (Å²) in [5, 5.41) is 0. The number of benzene rings is 2. The van der Waals surface area contributed by atoms with Gasteiger partial charge in [0, 0.05) is 12.6 Å². The second-order valence-corrected chi connectivity index (χ2v) is 9.21. The van der Waals surface area contributed by atoms with Crippen molar-refractivity contribution >= 4 is 27.3 Å². The molecule has 0 saturated carbocycles. The Bertz CT molecular complexity index is 1050. The molecule has 0 saturated heterocycles. The zero-order valence-electron chi connectivity index (χ0n) is 14.6. The summed E-state index contributed by atoms with van der Waals surface area (Å²) in [6, 6.07) is 11.1. The monoisotopic (exact) mass is 368 g/mol. The number of anilines is 2. The van der Waals surface area contributed by atoms with Crippen molar-refractivity contribution in [3.8, 4) is 0 Å². The number of rotatable bonds is 2. The van der Waals surface area contributed by atoms with Gasteiger partial charge in [0.15, 0.2) is 0 Å². The zero-order chi connectivity index (χ0) is 18.1. The Morgan fingerprint density at radius 3 is 2.69 bits per heavy atom. The molecule has 0 radical (unpaired) electrons. The standard InChI is InChI=1S/C20H20N2O3S/c1-13-9-14-5-2-3-7-18(14)22(13)26(24,25)17-10-15-6-4-8-21-19(23)12-16(11-17)20(15)21/h2-3,5,7,10-11,13H,4,6,8-9,12H2,1H3/t13-/m0/s1. The van der Waals surface area contributed by atoms with Crippen molar-refractivity contribution in [2.45, 2.75) is 43.5 Å². The lowest BCUT2D eigenvalue weighted by Gasteiger charge is -2.28. The average Bonchev–Trinajstić information content (AvgIpc) is 3.13. The summed E-state index contributed by atoms with van der Waals surface area (Å²) in [6.45, 7) is 2.68. The molecule has 1 amide bonds. The van der Waals surface area contributed by atoms with E-state index >= 15 is 0 Å². The van der Waals surface area contributed by atoms with Crippen LogP contribution in [0.4, 0.5) is 11.4 Å². The minimum atomic E-state index is -3.66. The second-order valence-electron chi connectivity index (χ2n) is 7.40. The molecule has 3 heterocycles. The third kappa shape index (κ3) is 2.08. The van der Waals surface area contributed by atoms with Gasteiger partial charge in [0.05, 0.1) is 22.7 Å². The number of carbonyl (C=O) groups excluding carboxylic acids is 1. The predicted octanol–water partition coefficient (Wildman–Crippen LogP) is 2.66. The number of amides is 1. The Kier molecular flexibility index (Phi) is 3.26. The number of fused-ring (bicyclic) bond motifs is 1. The van der Waals surface area contributed by atoms with Crippen LogP contribution >= 0.6 is 0 Å². The van der Waals surface area contributed by atoms with Gasteiger partial charge in [0.2, 0.25) is 5.91 Å². The van der Waals surface area contributed by atoms with E-state index < -0.39 is 10.0 Å². The summed E-state index contributed by atoms with van der Waals surface area (Å²) in [5.41, 5.74) is 4.62. The Morgan fingerprint density at radius 1 is 1.08 bits per heavy atom. The van der Waals surface area contributed by atoms with Crippen LogP contribution in [0.15, 0.2) is 41.3 Å². The van der Waals surface area contributed by atoms with Crippen molar-refractivity contribution in [1.82, 2.24) is 0 Å². The molecule has 0 N–H and O–H groups in total. The van der Waals surface area contributed by atoms with Crippen LogP contribution in [0.25, 0.3) is 0 Å². The van der Waals surface area contributed by atoms with E-state index in [2.05, 4.69) is 0 Å². The molecule has 0 bridgehead atoms. The van der Waals surface area contributed by atoms with Crippen LogP contribution in [0.3, 0.4) is 0 Å². The van der Waals surface area contributed by atoms with Crippen molar-refractivity contribution in [1.29, 1.82) is 0 Å². The van der Waals surface area contributed by atoms with Crippen molar-refractivity contribution in [2.24, 2.45) is 0 Å². The third-order valence-corrected chi connectivity index (χ3v) is 7.59. The summed E-state index contributed by atoms with van der Waals surface area (Å²) in [6.07, 6.45) is 2.73. The van der Waals surface area contributed by atoms with Crippen molar-refractivity contribution in [3.05, 3.63) is 53.1 Å². The minimum absolute atomic E-state index is 0.0791. The number of aryl methyl sites for hydroxylation is 1. The fourth-order valence-corrected chi connectivity index (χ4v) is 6.41. The van der Waals surface area contributed by atoms with Crippen LogP contribution in [0.1, 0.15) is 30.0 Å². The highest BCUT2D eigenvalue weighted by Gasteiger charge is 2.38. The van der Waals surface area contributed by atoms with E-state index in [-0.39, 0.29) is 11.9 Å². The molecule has 0 aromatic heterocycles. The normalized spacial score (nSPS) is 21.1. The lowest BCUT2D eigenvalue weighted by atomic mass is 10.0. The Balaban J connectivity index is 1.65. The van der Waals surface area contributed by atoms with Gasteiger partial charge in [-0.05, 0) is 61.1 Å². The van der Waals surface area contributed by atoms with Gasteiger partial charge in [-0.1, -0.05) is 18.2 Å². The van der Waals surface area contributed by atoms with Gasteiger partial charge in [-0.2, -0.15) is 0 Å². The van der Waals surface area contributed by atoms with Crippen LogP contribution in [-0.4, -0.2) is 26.9 Å². The van der Waals surface area contributed by atoms with E-state index in [0.29, 0.717) is 11.3 Å². The van der Waals surface area contributed by atoms with Gasteiger partial charge in [0.25, 0.3) is 10.0 Å². The molecular weight excluding hydrogens is 348 g/mol. The van der Waals surface area contributed by atoms with Gasteiger partial charge < -0.3 is 4.90 Å². The molecule has 5 rings (SSSR count). The molecule has 0 unspecified atom stereocenters. The van der Waals surface area contributed by atoms with Crippen LogP contribution in [0, 0.1) is 0 Å². The van der Waals surface area contributed by atoms with Crippen molar-refractivity contribution in [2.75, 3.05) is 15.7 Å².